The van der Waals surface area contributed by atoms with Crippen molar-refractivity contribution in [3.8, 4) is 0 Å². The molecule has 0 atom stereocenters. The lowest BCUT2D eigenvalue weighted by Crippen LogP contribution is -2.16. The molecule has 0 aliphatic carbocycles. The van der Waals surface area contributed by atoms with Gasteiger partial charge in [-0.1, -0.05) is 45.0 Å². The fourth-order valence-corrected chi connectivity index (χ4v) is 4.05. The fourth-order valence-electron chi connectivity index (χ4n) is 2.16. The van der Waals surface area contributed by atoms with Crippen molar-refractivity contribution in [3.63, 3.8) is 0 Å². The van der Waals surface area contributed by atoms with Gasteiger partial charge in [-0.25, -0.2) is 8.42 Å². The summed E-state index contributed by atoms with van der Waals surface area (Å²) in [4.78, 5) is 11.8. The molecule has 7 heteroatoms. The summed E-state index contributed by atoms with van der Waals surface area (Å²) in [5.41, 5.74) is 6.60. The summed E-state index contributed by atoms with van der Waals surface area (Å²) in [5, 5.41) is 0. The van der Waals surface area contributed by atoms with Crippen LogP contribution in [0.25, 0.3) is 0 Å². The summed E-state index contributed by atoms with van der Waals surface area (Å²) in [6.45, 7) is 6.21. The minimum Gasteiger partial charge on any atom is -0.369 e. The summed E-state index contributed by atoms with van der Waals surface area (Å²) in [5.74, 6) is -0.376. The van der Waals surface area contributed by atoms with Gasteiger partial charge in [0.15, 0.2) is 0 Å². The second-order valence-corrected chi connectivity index (χ2v) is 9.33. The standard InChI is InChI=1S/C18H22N2O3S2/c1-18(2,3)13-8-10-14(11-9-13)25(22,23)20-15-6-4-5-7-16(15)24-12-17(19)21/h4-11,20H,12H2,1-3H3,(H2,19,21). The van der Waals surface area contributed by atoms with E-state index in [2.05, 4.69) is 25.5 Å². The van der Waals surface area contributed by atoms with Crippen LogP contribution < -0.4 is 10.5 Å². The van der Waals surface area contributed by atoms with Crippen LogP contribution in [0.4, 0.5) is 5.69 Å². The Morgan fingerprint density at radius 3 is 2.24 bits per heavy atom. The van der Waals surface area contributed by atoms with Crippen molar-refractivity contribution in [2.24, 2.45) is 5.73 Å². The number of para-hydroxylation sites is 1. The number of rotatable bonds is 6. The fraction of sp³-hybridized carbons (Fsp3) is 0.278. The Kier molecular flexibility index (Phi) is 5.80. The highest BCUT2D eigenvalue weighted by atomic mass is 32.2. The smallest absolute Gasteiger partial charge is 0.261 e. The predicted molar refractivity (Wildman–Crippen MR) is 102 cm³/mol. The molecule has 2 aromatic rings. The molecule has 134 valence electrons. The number of anilines is 1. The van der Waals surface area contributed by atoms with Crippen LogP contribution in [-0.4, -0.2) is 20.1 Å². The number of hydrogen-bond acceptors (Lipinski definition) is 4. The molecule has 3 N–H and O–H groups in total. The number of hydrogen-bond donors (Lipinski definition) is 2. The van der Waals surface area contributed by atoms with E-state index in [0.717, 1.165) is 5.56 Å². The highest BCUT2D eigenvalue weighted by Gasteiger charge is 2.19. The van der Waals surface area contributed by atoms with Crippen molar-refractivity contribution in [2.45, 2.75) is 36.0 Å². The average Bonchev–Trinajstić information content (AvgIpc) is 2.53. The van der Waals surface area contributed by atoms with E-state index in [4.69, 9.17) is 5.73 Å². The zero-order valence-electron chi connectivity index (χ0n) is 14.4. The van der Waals surface area contributed by atoms with Crippen LogP contribution in [-0.2, 0) is 20.2 Å². The molecule has 25 heavy (non-hydrogen) atoms. The first-order chi connectivity index (χ1) is 11.6. The van der Waals surface area contributed by atoms with Gasteiger partial charge in [0.25, 0.3) is 10.0 Å². The molecule has 2 aromatic carbocycles. The van der Waals surface area contributed by atoms with Crippen LogP contribution in [0.1, 0.15) is 26.3 Å². The lowest BCUT2D eigenvalue weighted by Gasteiger charge is -2.19. The molecule has 0 heterocycles. The maximum atomic E-state index is 12.6. The van der Waals surface area contributed by atoms with Crippen LogP contribution in [0.2, 0.25) is 0 Å². The van der Waals surface area contributed by atoms with E-state index in [9.17, 15) is 13.2 Å². The van der Waals surface area contributed by atoms with E-state index in [-0.39, 0.29) is 16.1 Å². The number of carbonyl (C=O) groups excluding carboxylic acids is 1. The van der Waals surface area contributed by atoms with Crippen molar-refractivity contribution >= 4 is 33.4 Å². The third-order valence-corrected chi connectivity index (χ3v) is 6.01. The first kappa shape index (κ1) is 19.3. The Morgan fingerprint density at radius 1 is 1.08 bits per heavy atom. The third-order valence-electron chi connectivity index (χ3n) is 3.53. The monoisotopic (exact) mass is 378 g/mol. The summed E-state index contributed by atoms with van der Waals surface area (Å²) in [6.07, 6.45) is 0. The van der Waals surface area contributed by atoms with E-state index in [0.29, 0.717) is 10.6 Å². The van der Waals surface area contributed by atoms with Gasteiger partial charge in [0.05, 0.1) is 16.3 Å². The number of benzene rings is 2. The van der Waals surface area contributed by atoms with Gasteiger partial charge in [0, 0.05) is 4.90 Å². The zero-order valence-corrected chi connectivity index (χ0v) is 16.1. The first-order valence-corrected chi connectivity index (χ1v) is 10.2. The molecule has 0 aliphatic heterocycles. The van der Waals surface area contributed by atoms with Crippen molar-refractivity contribution in [1.82, 2.24) is 0 Å². The molecule has 0 unspecified atom stereocenters. The first-order valence-electron chi connectivity index (χ1n) is 7.73. The number of carbonyl (C=O) groups is 1. The van der Waals surface area contributed by atoms with Gasteiger partial charge in [-0.15, -0.1) is 11.8 Å². The van der Waals surface area contributed by atoms with Crippen LogP contribution in [0.3, 0.4) is 0 Å². The maximum Gasteiger partial charge on any atom is 0.261 e. The van der Waals surface area contributed by atoms with Gasteiger partial charge in [0.2, 0.25) is 5.91 Å². The normalized spacial score (nSPS) is 12.0. The summed E-state index contributed by atoms with van der Waals surface area (Å²) >= 11 is 1.20. The Hall–Kier alpha value is -1.99. The Morgan fingerprint density at radius 2 is 1.68 bits per heavy atom. The van der Waals surface area contributed by atoms with E-state index in [1.807, 2.05) is 12.1 Å². The Labute approximate surface area is 153 Å². The zero-order chi connectivity index (χ0) is 18.7. The van der Waals surface area contributed by atoms with Gasteiger partial charge in [-0.05, 0) is 35.2 Å². The second kappa shape index (κ2) is 7.49. The van der Waals surface area contributed by atoms with Crippen molar-refractivity contribution in [2.75, 3.05) is 10.5 Å². The largest absolute Gasteiger partial charge is 0.369 e. The molecule has 0 bridgehead atoms. The Balaban J connectivity index is 2.26. The highest BCUT2D eigenvalue weighted by molar-refractivity contribution is 8.00. The number of nitrogens with one attached hydrogen (secondary N) is 1. The summed E-state index contributed by atoms with van der Waals surface area (Å²) < 4.78 is 27.9. The number of thioether (sulfide) groups is 1. The minimum absolute atomic E-state index is 0.0479. The minimum atomic E-state index is -3.72. The van der Waals surface area contributed by atoms with Crippen LogP contribution in [0.5, 0.6) is 0 Å². The van der Waals surface area contributed by atoms with Gasteiger partial charge < -0.3 is 5.73 Å². The number of sulfonamides is 1. The molecule has 0 saturated carbocycles. The van der Waals surface area contributed by atoms with E-state index < -0.39 is 15.9 Å². The maximum absolute atomic E-state index is 12.6. The molecule has 0 aliphatic rings. The van der Waals surface area contributed by atoms with Gasteiger partial charge >= 0.3 is 0 Å². The number of amides is 1. The third kappa shape index (κ3) is 5.24. The predicted octanol–water partition coefficient (Wildman–Crippen LogP) is 3.36. The van der Waals surface area contributed by atoms with E-state index in [1.54, 1.807) is 36.4 Å². The molecular formula is C18H22N2O3S2. The van der Waals surface area contributed by atoms with Crippen LogP contribution in [0, 0.1) is 0 Å². The highest BCUT2D eigenvalue weighted by Crippen LogP contribution is 2.29. The van der Waals surface area contributed by atoms with E-state index >= 15 is 0 Å². The number of nitrogens with two attached hydrogens (primary N) is 1. The summed E-state index contributed by atoms with van der Waals surface area (Å²) in [7, 11) is -3.72. The topological polar surface area (TPSA) is 89.3 Å². The molecular weight excluding hydrogens is 356 g/mol. The molecule has 0 saturated heterocycles. The molecule has 0 aromatic heterocycles. The molecule has 5 nitrogen and oxygen atoms in total. The molecule has 1 amide bonds. The Bertz CT molecular complexity index is 855. The second-order valence-electron chi connectivity index (χ2n) is 6.63. The van der Waals surface area contributed by atoms with Gasteiger partial charge in [-0.3, -0.25) is 9.52 Å². The summed E-state index contributed by atoms with van der Waals surface area (Å²) in [6, 6.07) is 13.8. The lowest BCUT2D eigenvalue weighted by molar-refractivity contribution is -0.115. The lowest BCUT2D eigenvalue weighted by atomic mass is 9.87. The molecule has 0 radical (unpaired) electrons. The van der Waals surface area contributed by atoms with Crippen molar-refractivity contribution < 1.29 is 13.2 Å². The van der Waals surface area contributed by atoms with Gasteiger partial charge in [-0.2, -0.15) is 0 Å². The quantitative estimate of drug-likeness (QED) is 0.754. The number of primary amides is 1. The van der Waals surface area contributed by atoms with Crippen LogP contribution in [0.15, 0.2) is 58.3 Å². The van der Waals surface area contributed by atoms with Crippen molar-refractivity contribution in [1.29, 1.82) is 0 Å². The molecule has 0 fully saturated rings. The van der Waals surface area contributed by atoms with Crippen LogP contribution >= 0.6 is 11.8 Å². The molecule has 2 rings (SSSR count). The molecule has 0 spiro atoms. The van der Waals surface area contributed by atoms with Gasteiger partial charge in [0.1, 0.15) is 0 Å². The van der Waals surface area contributed by atoms with Crippen molar-refractivity contribution in [3.05, 3.63) is 54.1 Å². The average molecular weight is 379 g/mol. The SMILES string of the molecule is CC(C)(C)c1ccc(S(=O)(=O)Nc2ccccc2SCC(N)=O)cc1. The van der Waals surface area contributed by atoms with E-state index in [1.165, 1.54) is 11.8 Å².